The monoisotopic (exact) mass is 347 g/mol. The number of para-hydroxylation sites is 1. The van der Waals surface area contributed by atoms with Crippen LogP contribution in [-0.4, -0.2) is 13.2 Å². The van der Waals surface area contributed by atoms with E-state index >= 15 is 0 Å². The molecule has 2 aromatic rings. The second-order valence-electron chi connectivity index (χ2n) is 5.23. The van der Waals surface area contributed by atoms with Crippen molar-refractivity contribution in [3.63, 3.8) is 0 Å². The van der Waals surface area contributed by atoms with E-state index in [9.17, 15) is 0 Å². The van der Waals surface area contributed by atoms with Crippen LogP contribution in [0.4, 0.5) is 5.69 Å². The minimum atomic E-state index is 0.608. The molecule has 0 aromatic heterocycles. The molecule has 110 valence electrons. The van der Waals surface area contributed by atoms with E-state index in [0.29, 0.717) is 19.8 Å². The molecule has 0 bridgehead atoms. The van der Waals surface area contributed by atoms with Crippen molar-refractivity contribution in [1.29, 1.82) is 0 Å². The third-order valence-electron chi connectivity index (χ3n) is 3.54. The summed E-state index contributed by atoms with van der Waals surface area (Å²) in [5.74, 6) is 1.69. The van der Waals surface area contributed by atoms with Crippen molar-refractivity contribution in [1.82, 2.24) is 0 Å². The van der Waals surface area contributed by atoms with Crippen molar-refractivity contribution in [2.75, 3.05) is 18.5 Å². The lowest BCUT2D eigenvalue weighted by molar-refractivity contribution is 0.170. The van der Waals surface area contributed by atoms with Gasteiger partial charge in [0.1, 0.15) is 13.2 Å². The Bertz CT molecular complexity index is 647. The predicted octanol–water partition coefficient (Wildman–Crippen LogP) is 4.45. The number of benzene rings is 2. The Labute approximate surface area is 133 Å². The number of hydrogen-bond acceptors (Lipinski definition) is 3. The summed E-state index contributed by atoms with van der Waals surface area (Å²) in [7, 11) is 0. The van der Waals surface area contributed by atoms with Gasteiger partial charge in [-0.2, -0.15) is 0 Å². The standard InChI is InChI=1S/C17H18BrNO2/c1-11-8-12(2)16(14(18)9-11)19-10-13-4-3-5-15-17(13)21-7-6-20-15/h3-5,8-9,19H,6-7,10H2,1-2H3. The molecule has 1 aliphatic rings. The normalized spacial score (nSPS) is 13.1. The highest BCUT2D eigenvalue weighted by atomic mass is 79.9. The zero-order valence-corrected chi connectivity index (χ0v) is 13.8. The van der Waals surface area contributed by atoms with E-state index in [2.05, 4.69) is 53.3 Å². The summed E-state index contributed by atoms with van der Waals surface area (Å²) < 4.78 is 12.4. The number of halogens is 1. The molecule has 4 heteroatoms. The van der Waals surface area contributed by atoms with E-state index in [0.717, 1.165) is 27.2 Å². The zero-order valence-electron chi connectivity index (χ0n) is 12.2. The minimum Gasteiger partial charge on any atom is -0.486 e. The number of fused-ring (bicyclic) bond motifs is 1. The number of anilines is 1. The summed E-state index contributed by atoms with van der Waals surface area (Å²) in [4.78, 5) is 0. The molecule has 3 nitrogen and oxygen atoms in total. The van der Waals surface area contributed by atoms with Crippen molar-refractivity contribution >= 4 is 21.6 Å². The summed E-state index contributed by atoms with van der Waals surface area (Å²) >= 11 is 3.63. The maximum atomic E-state index is 5.75. The van der Waals surface area contributed by atoms with Crippen LogP contribution in [0.1, 0.15) is 16.7 Å². The highest BCUT2D eigenvalue weighted by Gasteiger charge is 2.15. The van der Waals surface area contributed by atoms with Crippen LogP contribution < -0.4 is 14.8 Å². The molecule has 3 rings (SSSR count). The Hall–Kier alpha value is -1.68. The van der Waals surface area contributed by atoms with Crippen molar-refractivity contribution in [3.8, 4) is 11.5 Å². The van der Waals surface area contributed by atoms with E-state index in [4.69, 9.17) is 9.47 Å². The smallest absolute Gasteiger partial charge is 0.166 e. The SMILES string of the molecule is Cc1cc(C)c(NCc2cccc3c2OCCO3)c(Br)c1. The lowest BCUT2D eigenvalue weighted by Crippen LogP contribution is -2.17. The minimum absolute atomic E-state index is 0.608. The summed E-state index contributed by atoms with van der Waals surface area (Å²) in [6, 6.07) is 10.3. The van der Waals surface area contributed by atoms with Gasteiger partial charge in [0.15, 0.2) is 11.5 Å². The fraction of sp³-hybridized carbons (Fsp3) is 0.294. The van der Waals surface area contributed by atoms with Crippen LogP contribution in [0.5, 0.6) is 11.5 Å². The Kier molecular flexibility index (Phi) is 4.06. The first kappa shape index (κ1) is 14.3. The molecule has 0 saturated carbocycles. The van der Waals surface area contributed by atoms with Crippen molar-refractivity contribution in [3.05, 3.63) is 51.5 Å². The fourth-order valence-electron chi connectivity index (χ4n) is 2.60. The number of aryl methyl sites for hydroxylation is 2. The first-order valence-electron chi connectivity index (χ1n) is 7.03. The summed E-state index contributed by atoms with van der Waals surface area (Å²) in [5.41, 5.74) is 4.71. The Morgan fingerprint density at radius 2 is 1.95 bits per heavy atom. The Morgan fingerprint density at radius 1 is 1.14 bits per heavy atom. The third-order valence-corrected chi connectivity index (χ3v) is 4.16. The Balaban J connectivity index is 1.83. The van der Waals surface area contributed by atoms with Gasteiger partial charge in [-0.3, -0.25) is 0 Å². The molecular weight excluding hydrogens is 330 g/mol. The van der Waals surface area contributed by atoms with Crippen LogP contribution in [0.25, 0.3) is 0 Å². The van der Waals surface area contributed by atoms with E-state index in [1.807, 2.05) is 12.1 Å². The molecule has 2 aromatic carbocycles. The highest BCUT2D eigenvalue weighted by molar-refractivity contribution is 9.10. The number of nitrogens with one attached hydrogen (secondary N) is 1. The first-order valence-corrected chi connectivity index (χ1v) is 7.82. The summed E-state index contributed by atoms with van der Waals surface area (Å²) in [5, 5.41) is 3.49. The predicted molar refractivity (Wildman–Crippen MR) is 88.4 cm³/mol. The highest BCUT2D eigenvalue weighted by Crippen LogP contribution is 2.35. The molecule has 0 aliphatic carbocycles. The molecule has 1 aliphatic heterocycles. The summed E-state index contributed by atoms with van der Waals surface area (Å²) in [6.07, 6.45) is 0. The van der Waals surface area contributed by atoms with Crippen molar-refractivity contribution in [2.24, 2.45) is 0 Å². The van der Waals surface area contributed by atoms with Gasteiger partial charge in [-0.05, 0) is 53.0 Å². The van der Waals surface area contributed by atoms with Gasteiger partial charge < -0.3 is 14.8 Å². The fourth-order valence-corrected chi connectivity index (χ4v) is 3.41. The van der Waals surface area contributed by atoms with E-state index < -0.39 is 0 Å². The second-order valence-corrected chi connectivity index (χ2v) is 6.09. The van der Waals surface area contributed by atoms with Crippen LogP contribution >= 0.6 is 15.9 Å². The molecule has 0 unspecified atom stereocenters. The van der Waals surface area contributed by atoms with Crippen LogP contribution in [0, 0.1) is 13.8 Å². The topological polar surface area (TPSA) is 30.5 Å². The third kappa shape index (κ3) is 3.00. The molecule has 21 heavy (non-hydrogen) atoms. The molecule has 1 heterocycles. The average molecular weight is 348 g/mol. The zero-order chi connectivity index (χ0) is 14.8. The number of ether oxygens (including phenoxy) is 2. The second kappa shape index (κ2) is 5.98. The molecule has 0 saturated heterocycles. The van der Waals surface area contributed by atoms with E-state index in [1.54, 1.807) is 0 Å². The lowest BCUT2D eigenvalue weighted by Gasteiger charge is -2.21. The molecule has 0 radical (unpaired) electrons. The molecule has 0 spiro atoms. The van der Waals surface area contributed by atoms with Gasteiger partial charge in [-0.25, -0.2) is 0 Å². The number of hydrogen-bond donors (Lipinski definition) is 1. The molecular formula is C17H18BrNO2. The van der Waals surface area contributed by atoms with Gasteiger partial charge in [0.25, 0.3) is 0 Å². The molecule has 0 amide bonds. The van der Waals surface area contributed by atoms with Gasteiger partial charge >= 0.3 is 0 Å². The van der Waals surface area contributed by atoms with Gasteiger partial charge in [0.05, 0.1) is 5.69 Å². The van der Waals surface area contributed by atoms with Crippen molar-refractivity contribution < 1.29 is 9.47 Å². The van der Waals surface area contributed by atoms with Gasteiger partial charge in [0.2, 0.25) is 0 Å². The van der Waals surface area contributed by atoms with Crippen LogP contribution in [0.3, 0.4) is 0 Å². The van der Waals surface area contributed by atoms with Crippen LogP contribution in [-0.2, 0) is 6.54 Å². The molecule has 1 N–H and O–H groups in total. The van der Waals surface area contributed by atoms with Gasteiger partial charge in [0, 0.05) is 16.6 Å². The summed E-state index contributed by atoms with van der Waals surface area (Å²) in [6.45, 7) is 6.14. The average Bonchev–Trinajstić information content (AvgIpc) is 2.46. The maximum Gasteiger partial charge on any atom is 0.166 e. The molecule has 0 atom stereocenters. The first-order chi connectivity index (χ1) is 10.1. The molecule has 0 fully saturated rings. The Morgan fingerprint density at radius 3 is 2.76 bits per heavy atom. The van der Waals surface area contributed by atoms with E-state index in [-0.39, 0.29) is 0 Å². The number of rotatable bonds is 3. The van der Waals surface area contributed by atoms with Gasteiger partial charge in [-0.15, -0.1) is 0 Å². The van der Waals surface area contributed by atoms with E-state index in [1.165, 1.54) is 11.1 Å². The van der Waals surface area contributed by atoms with Gasteiger partial charge in [-0.1, -0.05) is 18.2 Å². The maximum absolute atomic E-state index is 5.75. The lowest BCUT2D eigenvalue weighted by atomic mass is 10.1. The van der Waals surface area contributed by atoms with Crippen LogP contribution in [0.2, 0.25) is 0 Å². The van der Waals surface area contributed by atoms with Crippen LogP contribution in [0.15, 0.2) is 34.8 Å². The van der Waals surface area contributed by atoms with Crippen molar-refractivity contribution in [2.45, 2.75) is 20.4 Å². The largest absolute Gasteiger partial charge is 0.486 e. The quantitative estimate of drug-likeness (QED) is 0.889.